The second-order valence-electron chi connectivity index (χ2n) is 5.78. The standard InChI is InChI=1S/C16H27N3/c1-14(17)13-15-7-3-4-8-16(15)18(2)11-12-19-9-5-6-10-19/h3-4,7-8,14H,5-6,9-13,17H2,1-2H3. The van der Waals surface area contributed by atoms with Gasteiger partial charge in [-0.15, -0.1) is 0 Å². The molecule has 2 rings (SSSR count). The molecule has 0 radical (unpaired) electrons. The van der Waals surface area contributed by atoms with E-state index in [-0.39, 0.29) is 6.04 Å². The van der Waals surface area contributed by atoms with E-state index >= 15 is 0 Å². The van der Waals surface area contributed by atoms with Crippen molar-refractivity contribution in [3.05, 3.63) is 29.8 Å². The van der Waals surface area contributed by atoms with Gasteiger partial charge in [-0.05, 0) is 50.9 Å². The molecule has 1 unspecified atom stereocenters. The molecule has 1 aromatic rings. The summed E-state index contributed by atoms with van der Waals surface area (Å²) in [6.07, 6.45) is 3.68. The molecule has 1 atom stereocenters. The minimum absolute atomic E-state index is 0.216. The van der Waals surface area contributed by atoms with Crippen molar-refractivity contribution in [2.75, 3.05) is 38.1 Å². The van der Waals surface area contributed by atoms with Gasteiger partial charge < -0.3 is 15.5 Å². The Morgan fingerprint density at radius 2 is 1.95 bits per heavy atom. The molecule has 1 aliphatic rings. The van der Waals surface area contributed by atoms with Crippen molar-refractivity contribution in [1.29, 1.82) is 0 Å². The van der Waals surface area contributed by atoms with Crippen LogP contribution < -0.4 is 10.6 Å². The highest BCUT2D eigenvalue weighted by Gasteiger charge is 2.13. The van der Waals surface area contributed by atoms with Crippen LogP contribution in [-0.2, 0) is 6.42 Å². The molecule has 0 aliphatic carbocycles. The van der Waals surface area contributed by atoms with Crippen molar-refractivity contribution in [1.82, 2.24) is 4.90 Å². The molecule has 0 saturated carbocycles. The lowest BCUT2D eigenvalue weighted by atomic mass is 10.0. The predicted octanol–water partition coefficient (Wildman–Crippen LogP) is 2.11. The van der Waals surface area contributed by atoms with Gasteiger partial charge >= 0.3 is 0 Å². The van der Waals surface area contributed by atoms with Crippen molar-refractivity contribution in [2.24, 2.45) is 5.73 Å². The Bertz CT molecular complexity index is 383. The van der Waals surface area contributed by atoms with E-state index in [1.54, 1.807) is 0 Å². The molecular formula is C16H27N3. The third kappa shape index (κ3) is 4.22. The highest BCUT2D eigenvalue weighted by Crippen LogP contribution is 2.20. The van der Waals surface area contributed by atoms with Crippen molar-refractivity contribution in [3.63, 3.8) is 0 Å². The zero-order valence-electron chi connectivity index (χ0n) is 12.3. The van der Waals surface area contributed by atoms with E-state index in [9.17, 15) is 0 Å². The smallest absolute Gasteiger partial charge is 0.0397 e. The van der Waals surface area contributed by atoms with Crippen LogP contribution in [0.25, 0.3) is 0 Å². The zero-order chi connectivity index (χ0) is 13.7. The van der Waals surface area contributed by atoms with Gasteiger partial charge in [-0.2, -0.15) is 0 Å². The van der Waals surface area contributed by atoms with Crippen molar-refractivity contribution < 1.29 is 0 Å². The largest absolute Gasteiger partial charge is 0.373 e. The molecule has 1 aromatic carbocycles. The highest BCUT2D eigenvalue weighted by molar-refractivity contribution is 5.53. The monoisotopic (exact) mass is 261 g/mol. The Morgan fingerprint density at radius 3 is 2.63 bits per heavy atom. The quantitative estimate of drug-likeness (QED) is 0.851. The summed E-state index contributed by atoms with van der Waals surface area (Å²) >= 11 is 0. The van der Waals surface area contributed by atoms with Crippen LogP contribution in [0.1, 0.15) is 25.3 Å². The van der Waals surface area contributed by atoms with Crippen molar-refractivity contribution in [2.45, 2.75) is 32.2 Å². The second kappa shape index (κ2) is 6.92. The average molecular weight is 261 g/mol. The summed E-state index contributed by atoms with van der Waals surface area (Å²) in [6, 6.07) is 8.85. The Hall–Kier alpha value is -1.06. The van der Waals surface area contributed by atoms with E-state index in [0.717, 1.165) is 13.0 Å². The molecule has 19 heavy (non-hydrogen) atoms. The maximum absolute atomic E-state index is 5.94. The SMILES string of the molecule is CC(N)Cc1ccccc1N(C)CCN1CCCC1. The van der Waals surface area contributed by atoms with Crippen LogP contribution in [0, 0.1) is 0 Å². The van der Waals surface area contributed by atoms with E-state index in [1.807, 2.05) is 0 Å². The van der Waals surface area contributed by atoms with E-state index in [0.29, 0.717) is 0 Å². The molecule has 2 N–H and O–H groups in total. The lowest BCUT2D eigenvalue weighted by Crippen LogP contribution is -2.32. The summed E-state index contributed by atoms with van der Waals surface area (Å²) in [5.74, 6) is 0. The summed E-state index contributed by atoms with van der Waals surface area (Å²) in [5.41, 5.74) is 8.64. The zero-order valence-corrected chi connectivity index (χ0v) is 12.3. The molecule has 1 saturated heterocycles. The number of nitrogens with zero attached hydrogens (tertiary/aromatic N) is 2. The van der Waals surface area contributed by atoms with Gasteiger partial charge in [-0.3, -0.25) is 0 Å². The third-order valence-corrected chi connectivity index (χ3v) is 3.90. The maximum Gasteiger partial charge on any atom is 0.0397 e. The van der Waals surface area contributed by atoms with E-state index in [4.69, 9.17) is 5.73 Å². The summed E-state index contributed by atoms with van der Waals surface area (Å²) in [7, 11) is 2.19. The number of hydrogen-bond acceptors (Lipinski definition) is 3. The summed E-state index contributed by atoms with van der Waals surface area (Å²) in [6.45, 7) is 6.88. The topological polar surface area (TPSA) is 32.5 Å². The van der Waals surface area contributed by atoms with Crippen LogP contribution in [0.4, 0.5) is 5.69 Å². The van der Waals surface area contributed by atoms with Crippen LogP contribution in [0.15, 0.2) is 24.3 Å². The molecule has 0 spiro atoms. The summed E-state index contributed by atoms with van der Waals surface area (Å²) in [4.78, 5) is 4.93. The third-order valence-electron chi connectivity index (χ3n) is 3.90. The van der Waals surface area contributed by atoms with Gasteiger partial charge in [0.1, 0.15) is 0 Å². The minimum Gasteiger partial charge on any atom is -0.373 e. The fourth-order valence-corrected chi connectivity index (χ4v) is 2.82. The number of para-hydroxylation sites is 1. The lowest BCUT2D eigenvalue weighted by Gasteiger charge is -2.25. The fraction of sp³-hybridized carbons (Fsp3) is 0.625. The summed E-state index contributed by atoms with van der Waals surface area (Å²) < 4.78 is 0. The van der Waals surface area contributed by atoms with E-state index in [2.05, 4.69) is 48.0 Å². The first kappa shape index (κ1) is 14.4. The first-order valence-corrected chi connectivity index (χ1v) is 7.44. The molecule has 106 valence electrons. The van der Waals surface area contributed by atoms with Gasteiger partial charge in [0.15, 0.2) is 0 Å². The van der Waals surface area contributed by atoms with Crippen molar-refractivity contribution in [3.8, 4) is 0 Å². The van der Waals surface area contributed by atoms with Gasteiger partial charge in [0.05, 0.1) is 0 Å². The number of rotatable bonds is 6. The molecular weight excluding hydrogens is 234 g/mol. The highest BCUT2D eigenvalue weighted by atomic mass is 15.2. The molecule has 1 aliphatic heterocycles. The molecule has 3 nitrogen and oxygen atoms in total. The van der Waals surface area contributed by atoms with Crippen LogP contribution in [-0.4, -0.2) is 44.2 Å². The van der Waals surface area contributed by atoms with Crippen LogP contribution in [0.5, 0.6) is 0 Å². The number of likely N-dealkylation sites (tertiary alicyclic amines) is 1. The molecule has 1 fully saturated rings. The van der Waals surface area contributed by atoms with Gasteiger partial charge in [-0.1, -0.05) is 18.2 Å². The molecule has 0 aromatic heterocycles. The van der Waals surface area contributed by atoms with Gasteiger partial charge in [0.25, 0.3) is 0 Å². The number of nitrogens with two attached hydrogens (primary N) is 1. The fourth-order valence-electron chi connectivity index (χ4n) is 2.82. The Balaban J connectivity index is 1.95. The predicted molar refractivity (Wildman–Crippen MR) is 82.7 cm³/mol. The van der Waals surface area contributed by atoms with Gasteiger partial charge in [-0.25, -0.2) is 0 Å². The normalized spacial score (nSPS) is 17.6. The van der Waals surface area contributed by atoms with E-state index < -0.39 is 0 Å². The van der Waals surface area contributed by atoms with Crippen LogP contribution in [0.2, 0.25) is 0 Å². The van der Waals surface area contributed by atoms with Crippen LogP contribution in [0.3, 0.4) is 0 Å². The Kier molecular flexibility index (Phi) is 5.23. The summed E-state index contributed by atoms with van der Waals surface area (Å²) in [5, 5.41) is 0. The lowest BCUT2D eigenvalue weighted by molar-refractivity contribution is 0.346. The average Bonchev–Trinajstić information content (AvgIpc) is 2.89. The molecule has 3 heteroatoms. The maximum atomic E-state index is 5.94. The van der Waals surface area contributed by atoms with E-state index in [1.165, 1.54) is 43.7 Å². The second-order valence-corrected chi connectivity index (χ2v) is 5.78. The number of anilines is 1. The first-order chi connectivity index (χ1) is 9.16. The Labute approximate surface area is 117 Å². The molecule has 0 amide bonds. The minimum atomic E-state index is 0.216. The number of likely N-dealkylation sites (N-methyl/N-ethyl adjacent to an activating group) is 1. The molecule has 1 heterocycles. The number of hydrogen-bond donors (Lipinski definition) is 1. The van der Waals surface area contributed by atoms with Crippen LogP contribution >= 0.6 is 0 Å². The van der Waals surface area contributed by atoms with Gasteiger partial charge in [0.2, 0.25) is 0 Å². The first-order valence-electron chi connectivity index (χ1n) is 7.44. The number of benzene rings is 1. The Morgan fingerprint density at radius 1 is 1.26 bits per heavy atom. The molecule has 0 bridgehead atoms. The van der Waals surface area contributed by atoms with Gasteiger partial charge in [0, 0.05) is 31.9 Å². The van der Waals surface area contributed by atoms with Crippen molar-refractivity contribution >= 4 is 5.69 Å².